The minimum Gasteiger partial charge on any atom is -0.481 e. The normalized spacial score (nSPS) is 11.4. The highest BCUT2D eigenvalue weighted by atomic mass is 19.4. The first kappa shape index (κ1) is 13.2. The summed E-state index contributed by atoms with van der Waals surface area (Å²) in [5, 5.41) is 0. The van der Waals surface area contributed by atoms with E-state index in [1.165, 1.54) is 37.6 Å². The number of pyridine rings is 1. The summed E-state index contributed by atoms with van der Waals surface area (Å²) in [5.41, 5.74) is 5.09. The largest absolute Gasteiger partial charge is 0.481 e. The van der Waals surface area contributed by atoms with E-state index >= 15 is 0 Å². The molecule has 0 saturated carbocycles. The van der Waals surface area contributed by atoms with Crippen molar-refractivity contribution in [3.63, 3.8) is 0 Å². The fourth-order valence-electron chi connectivity index (χ4n) is 1.71. The van der Waals surface area contributed by atoms with Crippen LogP contribution in [0.1, 0.15) is 5.56 Å². The van der Waals surface area contributed by atoms with E-state index < -0.39 is 11.7 Å². The van der Waals surface area contributed by atoms with Crippen molar-refractivity contribution in [3.05, 3.63) is 42.1 Å². The third-order valence-electron chi connectivity index (χ3n) is 2.61. The van der Waals surface area contributed by atoms with Crippen molar-refractivity contribution >= 4 is 5.69 Å². The zero-order chi connectivity index (χ0) is 14.0. The second-order valence-corrected chi connectivity index (χ2v) is 3.89. The lowest BCUT2D eigenvalue weighted by atomic mass is 10.00. The third kappa shape index (κ3) is 2.78. The fraction of sp³-hybridized carbons (Fsp3) is 0.154. The quantitative estimate of drug-likeness (QED) is 0.849. The molecule has 100 valence electrons. The summed E-state index contributed by atoms with van der Waals surface area (Å²) in [6.45, 7) is 0. The molecule has 0 aliphatic heterocycles. The van der Waals surface area contributed by atoms with Gasteiger partial charge in [-0.25, -0.2) is 4.98 Å². The molecule has 0 radical (unpaired) electrons. The van der Waals surface area contributed by atoms with Crippen LogP contribution >= 0.6 is 0 Å². The molecule has 0 aliphatic rings. The summed E-state index contributed by atoms with van der Waals surface area (Å²) in [4.78, 5) is 3.90. The first-order valence-corrected chi connectivity index (χ1v) is 5.39. The van der Waals surface area contributed by atoms with Crippen LogP contribution in [0.5, 0.6) is 5.88 Å². The monoisotopic (exact) mass is 268 g/mol. The topological polar surface area (TPSA) is 48.1 Å². The number of hydrogen-bond acceptors (Lipinski definition) is 3. The van der Waals surface area contributed by atoms with E-state index in [1.807, 2.05) is 0 Å². The predicted molar refractivity (Wildman–Crippen MR) is 65.6 cm³/mol. The van der Waals surface area contributed by atoms with Gasteiger partial charge in [0.25, 0.3) is 0 Å². The summed E-state index contributed by atoms with van der Waals surface area (Å²) in [6.07, 6.45) is -3.13. The van der Waals surface area contributed by atoms with Crippen molar-refractivity contribution in [3.8, 4) is 17.0 Å². The van der Waals surface area contributed by atoms with Crippen LogP contribution in [-0.2, 0) is 6.18 Å². The van der Waals surface area contributed by atoms with Gasteiger partial charge in [0.15, 0.2) is 0 Å². The molecule has 2 N–H and O–H groups in total. The number of nitrogens with zero attached hydrogens (tertiary/aromatic N) is 1. The maximum absolute atomic E-state index is 13.0. The van der Waals surface area contributed by atoms with Gasteiger partial charge in [0, 0.05) is 23.5 Å². The highest BCUT2D eigenvalue weighted by molar-refractivity contribution is 5.70. The van der Waals surface area contributed by atoms with Gasteiger partial charge < -0.3 is 10.5 Å². The molecule has 0 unspecified atom stereocenters. The highest BCUT2D eigenvalue weighted by Crippen LogP contribution is 2.38. The van der Waals surface area contributed by atoms with Gasteiger partial charge in [-0.05, 0) is 23.8 Å². The van der Waals surface area contributed by atoms with Crippen molar-refractivity contribution in [1.82, 2.24) is 4.98 Å². The molecule has 1 aromatic heterocycles. The molecule has 0 aliphatic carbocycles. The number of hydrogen-bond donors (Lipinski definition) is 1. The third-order valence-corrected chi connectivity index (χ3v) is 2.61. The Morgan fingerprint density at radius 2 is 1.89 bits per heavy atom. The van der Waals surface area contributed by atoms with Crippen LogP contribution in [0.3, 0.4) is 0 Å². The smallest absolute Gasteiger partial charge is 0.417 e. The minimum atomic E-state index is -4.47. The molecule has 0 bridgehead atoms. The average Bonchev–Trinajstić information content (AvgIpc) is 2.38. The SMILES string of the molecule is COc1ccc(-c2ccc(N)cc2C(F)(F)F)cn1. The standard InChI is InChI=1S/C13H11F3N2O/c1-19-12-5-2-8(7-18-12)10-4-3-9(17)6-11(10)13(14,15)16/h2-7H,17H2,1H3. The number of aromatic nitrogens is 1. The molecule has 2 rings (SSSR count). The van der Waals surface area contributed by atoms with E-state index in [4.69, 9.17) is 10.5 Å². The Balaban J connectivity index is 2.54. The summed E-state index contributed by atoms with van der Waals surface area (Å²) in [6, 6.07) is 6.70. The molecule has 0 spiro atoms. The minimum absolute atomic E-state index is 0.0388. The van der Waals surface area contributed by atoms with Crippen LogP contribution in [0, 0.1) is 0 Å². The second-order valence-electron chi connectivity index (χ2n) is 3.89. The number of nitrogens with two attached hydrogens (primary N) is 1. The molecule has 0 atom stereocenters. The van der Waals surface area contributed by atoms with Gasteiger partial charge >= 0.3 is 6.18 Å². The number of ether oxygens (including phenoxy) is 1. The maximum atomic E-state index is 13.0. The molecular weight excluding hydrogens is 257 g/mol. The Morgan fingerprint density at radius 1 is 1.16 bits per heavy atom. The first-order valence-electron chi connectivity index (χ1n) is 5.39. The summed E-state index contributed by atoms with van der Waals surface area (Å²) >= 11 is 0. The number of benzene rings is 1. The summed E-state index contributed by atoms with van der Waals surface area (Å²) < 4.78 is 43.7. The van der Waals surface area contributed by atoms with Gasteiger partial charge in [0.2, 0.25) is 5.88 Å². The lowest BCUT2D eigenvalue weighted by Gasteiger charge is -2.13. The Kier molecular flexibility index (Phi) is 3.33. The molecule has 0 fully saturated rings. The van der Waals surface area contributed by atoms with Crippen LogP contribution < -0.4 is 10.5 Å². The van der Waals surface area contributed by atoms with Crippen molar-refractivity contribution in [2.45, 2.75) is 6.18 Å². The Morgan fingerprint density at radius 3 is 2.42 bits per heavy atom. The van der Waals surface area contributed by atoms with E-state index in [2.05, 4.69) is 4.98 Å². The average molecular weight is 268 g/mol. The summed E-state index contributed by atoms with van der Waals surface area (Å²) in [7, 11) is 1.44. The molecule has 3 nitrogen and oxygen atoms in total. The molecule has 2 aromatic rings. The lowest BCUT2D eigenvalue weighted by Crippen LogP contribution is -2.08. The van der Waals surface area contributed by atoms with Crippen LogP contribution in [0.2, 0.25) is 0 Å². The molecule has 1 aromatic carbocycles. The van der Waals surface area contributed by atoms with Gasteiger partial charge in [-0.2, -0.15) is 13.2 Å². The van der Waals surface area contributed by atoms with Gasteiger partial charge in [-0.3, -0.25) is 0 Å². The molecule has 19 heavy (non-hydrogen) atoms. The van der Waals surface area contributed by atoms with E-state index in [-0.39, 0.29) is 11.3 Å². The Labute approximate surface area is 107 Å². The van der Waals surface area contributed by atoms with Crippen molar-refractivity contribution in [1.29, 1.82) is 0 Å². The number of rotatable bonds is 2. The summed E-state index contributed by atoms with van der Waals surface area (Å²) in [5.74, 6) is 0.341. The number of anilines is 1. The first-order chi connectivity index (χ1) is 8.91. The maximum Gasteiger partial charge on any atom is 0.417 e. The molecule has 1 heterocycles. The van der Waals surface area contributed by atoms with E-state index in [9.17, 15) is 13.2 Å². The molecule has 0 amide bonds. The zero-order valence-electron chi connectivity index (χ0n) is 10.0. The molecular formula is C13H11F3N2O. The molecule has 6 heteroatoms. The second kappa shape index (κ2) is 4.79. The van der Waals surface area contributed by atoms with E-state index in [1.54, 1.807) is 0 Å². The van der Waals surface area contributed by atoms with Crippen LogP contribution in [-0.4, -0.2) is 12.1 Å². The van der Waals surface area contributed by atoms with E-state index in [0.717, 1.165) is 6.07 Å². The van der Waals surface area contributed by atoms with Crippen molar-refractivity contribution in [2.24, 2.45) is 0 Å². The number of methoxy groups -OCH3 is 1. The van der Waals surface area contributed by atoms with E-state index in [0.29, 0.717) is 11.4 Å². The number of alkyl halides is 3. The van der Waals surface area contributed by atoms with Gasteiger partial charge in [-0.15, -0.1) is 0 Å². The van der Waals surface area contributed by atoms with Gasteiger partial charge in [-0.1, -0.05) is 6.07 Å². The van der Waals surface area contributed by atoms with Crippen LogP contribution in [0.15, 0.2) is 36.5 Å². The Hall–Kier alpha value is -2.24. The Bertz CT molecular complexity index is 579. The van der Waals surface area contributed by atoms with Gasteiger partial charge in [0.05, 0.1) is 12.7 Å². The fourth-order valence-corrected chi connectivity index (χ4v) is 1.71. The number of nitrogen functional groups attached to an aromatic ring is 1. The molecule has 0 saturated heterocycles. The van der Waals surface area contributed by atoms with Gasteiger partial charge in [0.1, 0.15) is 0 Å². The van der Waals surface area contributed by atoms with Crippen molar-refractivity contribution < 1.29 is 17.9 Å². The lowest BCUT2D eigenvalue weighted by molar-refractivity contribution is -0.137. The predicted octanol–water partition coefficient (Wildman–Crippen LogP) is 3.36. The van der Waals surface area contributed by atoms with Crippen molar-refractivity contribution in [2.75, 3.05) is 12.8 Å². The van der Waals surface area contributed by atoms with Crippen LogP contribution in [0.4, 0.5) is 18.9 Å². The highest BCUT2D eigenvalue weighted by Gasteiger charge is 2.33. The number of halogens is 3. The zero-order valence-corrected chi connectivity index (χ0v) is 10.0. The van der Waals surface area contributed by atoms with Crippen LogP contribution in [0.25, 0.3) is 11.1 Å².